The van der Waals surface area contributed by atoms with Crippen molar-refractivity contribution in [1.82, 2.24) is 0 Å². The zero-order chi connectivity index (χ0) is 23.1. The fourth-order valence-electron chi connectivity index (χ4n) is 4.20. The number of benzene rings is 3. The van der Waals surface area contributed by atoms with Crippen LogP contribution in [0.5, 0.6) is 5.75 Å². The van der Waals surface area contributed by atoms with E-state index in [1.807, 2.05) is 12.1 Å². The Morgan fingerprint density at radius 2 is 1.58 bits per heavy atom. The number of halogens is 1. The summed E-state index contributed by atoms with van der Waals surface area (Å²) in [6, 6.07) is 21.7. The van der Waals surface area contributed by atoms with Gasteiger partial charge in [0.15, 0.2) is 0 Å². The molecule has 0 N–H and O–H groups in total. The molecular weight excluding hydrogens is 486 g/mol. The molecule has 33 heavy (non-hydrogen) atoms. The number of anilines is 2. The fourth-order valence-corrected chi connectivity index (χ4v) is 4.46. The first-order chi connectivity index (χ1) is 16.0. The summed E-state index contributed by atoms with van der Waals surface area (Å²) in [5.74, 6) is -1.98. The number of hydrazone groups is 1. The van der Waals surface area contributed by atoms with Crippen molar-refractivity contribution in [3.05, 3.63) is 88.9 Å². The van der Waals surface area contributed by atoms with Crippen LogP contribution in [0, 0.1) is 5.92 Å². The number of methoxy groups -OCH3 is 1. The van der Waals surface area contributed by atoms with E-state index < -0.39 is 23.8 Å². The van der Waals surface area contributed by atoms with Crippen molar-refractivity contribution < 1.29 is 19.1 Å². The molecule has 8 heteroatoms. The number of rotatable bonds is 5. The molecule has 3 aromatic carbocycles. The summed E-state index contributed by atoms with van der Waals surface area (Å²) >= 11 is 3.40. The Labute approximate surface area is 198 Å². The highest BCUT2D eigenvalue weighted by atomic mass is 79.9. The van der Waals surface area contributed by atoms with E-state index in [1.54, 1.807) is 66.7 Å². The second kappa shape index (κ2) is 8.29. The Morgan fingerprint density at radius 3 is 2.27 bits per heavy atom. The largest absolute Gasteiger partial charge is 0.495 e. The number of ether oxygens (including phenoxy) is 1. The molecule has 0 spiro atoms. The molecule has 2 aliphatic rings. The number of ketones is 1. The highest BCUT2D eigenvalue weighted by molar-refractivity contribution is 9.10. The van der Waals surface area contributed by atoms with Gasteiger partial charge in [0.1, 0.15) is 23.4 Å². The minimum Gasteiger partial charge on any atom is -0.495 e. The van der Waals surface area contributed by atoms with Crippen molar-refractivity contribution in [3.8, 4) is 5.75 Å². The number of nitrogens with zero attached hydrogens (tertiary/aromatic N) is 3. The molecule has 1 saturated heterocycles. The van der Waals surface area contributed by atoms with Gasteiger partial charge in [0.25, 0.3) is 5.91 Å². The van der Waals surface area contributed by atoms with Crippen LogP contribution in [0.25, 0.3) is 0 Å². The summed E-state index contributed by atoms with van der Waals surface area (Å²) in [6.07, 6.45) is 0. The molecule has 0 aliphatic carbocycles. The number of para-hydroxylation sites is 2. The predicted octanol–water partition coefficient (Wildman–Crippen LogP) is 4.07. The zero-order valence-corrected chi connectivity index (χ0v) is 19.1. The maximum absolute atomic E-state index is 13.6. The van der Waals surface area contributed by atoms with Crippen molar-refractivity contribution in [2.45, 2.75) is 6.04 Å². The first-order valence-corrected chi connectivity index (χ1v) is 11.0. The first kappa shape index (κ1) is 21.1. The van der Waals surface area contributed by atoms with Gasteiger partial charge in [-0.05, 0) is 36.4 Å². The monoisotopic (exact) mass is 503 g/mol. The molecule has 7 nitrogen and oxygen atoms in total. The lowest BCUT2D eigenvalue weighted by molar-refractivity contribution is -0.121. The summed E-state index contributed by atoms with van der Waals surface area (Å²) in [4.78, 5) is 41.7. The molecule has 0 radical (unpaired) electrons. The van der Waals surface area contributed by atoms with Gasteiger partial charge in [0, 0.05) is 10.0 Å². The van der Waals surface area contributed by atoms with E-state index in [-0.39, 0.29) is 11.5 Å². The fraction of sp³-hybridized carbons (Fsp3) is 0.120. The lowest BCUT2D eigenvalue weighted by atomic mass is 9.92. The van der Waals surface area contributed by atoms with Crippen LogP contribution in [0.15, 0.2) is 88.4 Å². The Bertz CT molecular complexity index is 1290. The Morgan fingerprint density at radius 1 is 0.909 bits per heavy atom. The van der Waals surface area contributed by atoms with E-state index in [0.717, 1.165) is 9.37 Å². The molecule has 164 valence electrons. The number of imide groups is 1. The van der Waals surface area contributed by atoms with Gasteiger partial charge in [-0.15, -0.1) is 0 Å². The van der Waals surface area contributed by atoms with Crippen LogP contribution in [-0.2, 0) is 9.59 Å². The first-order valence-electron chi connectivity index (χ1n) is 10.2. The van der Waals surface area contributed by atoms with Crippen LogP contribution in [0.4, 0.5) is 11.4 Å². The Kier molecular flexibility index (Phi) is 5.30. The molecule has 0 unspecified atom stereocenters. The normalized spacial score (nSPS) is 19.5. The third-order valence-electron chi connectivity index (χ3n) is 5.73. The average Bonchev–Trinajstić information content (AvgIpc) is 3.36. The highest BCUT2D eigenvalue weighted by Gasteiger charge is 2.59. The summed E-state index contributed by atoms with van der Waals surface area (Å²) in [6.45, 7) is 0. The Balaban J connectivity index is 1.63. The molecule has 2 amide bonds. The van der Waals surface area contributed by atoms with Crippen LogP contribution in [0.2, 0.25) is 0 Å². The molecule has 3 aromatic rings. The smallest absolute Gasteiger partial charge is 0.260 e. The maximum Gasteiger partial charge on any atom is 0.260 e. The number of hydrogen-bond donors (Lipinski definition) is 0. The van der Waals surface area contributed by atoms with E-state index >= 15 is 0 Å². The molecule has 2 atom stereocenters. The zero-order valence-electron chi connectivity index (χ0n) is 17.5. The predicted molar refractivity (Wildman–Crippen MR) is 128 cm³/mol. The molecule has 1 fully saturated rings. The summed E-state index contributed by atoms with van der Waals surface area (Å²) in [5.41, 5.74) is 1.40. The van der Waals surface area contributed by atoms with Crippen LogP contribution < -0.4 is 14.6 Å². The SMILES string of the molecule is COc1ccccc1N1C(=O)[C@@H]2C(C(=O)c3ccccc3)=NN(c3ccc(Br)cc3)[C@H]2C1=O. The maximum atomic E-state index is 13.6. The number of carbonyl (C=O) groups excluding carboxylic acids is 3. The molecule has 2 heterocycles. The molecule has 0 aromatic heterocycles. The second-order valence-electron chi connectivity index (χ2n) is 7.61. The number of carbonyl (C=O) groups is 3. The molecule has 5 rings (SSSR count). The number of amides is 2. The average molecular weight is 504 g/mol. The second-order valence-corrected chi connectivity index (χ2v) is 8.52. The third-order valence-corrected chi connectivity index (χ3v) is 6.26. The summed E-state index contributed by atoms with van der Waals surface area (Å²) in [7, 11) is 1.48. The van der Waals surface area contributed by atoms with Crippen LogP contribution in [0.3, 0.4) is 0 Å². The van der Waals surface area contributed by atoms with Crippen molar-refractivity contribution in [2.75, 3.05) is 17.0 Å². The summed E-state index contributed by atoms with van der Waals surface area (Å²) in [5, 5.41) is 5.98. The third kappa shape index (κ3) is 3.43. The minimum absolute atomic E-state index is 0.0462. The van der Waals surface area contributed by atoms with Gasteiger partial charge < -0.3 is 4.74 Å². The van der Waals surface area contributed by atoms with Crippen LogP contribution in [-0.4, -0.2) is 36.5 Å². The van der Waals surface area contributed by atoms with Gasteiger partial charge in [0.05, 0.1) is 18.5 Å². The standard InChI is InChI=1S/C25H18BrN3O4/c1-33-19-10-6-5-9-18(19)28-24(31)20-21(23(30)15-7-3-2-4-8-15)27-29(22(20)25(28)32)17-13-11-16(26)12-14-17/h2-14,20,22H,1H3/t20-,22-/m1/s1. The van der Waals surface area contributed by atoms with Crippen molar-refractivity contribution >= 4 is 50.6 Å². The van der Waals surface area contributed by atoms with Gasteiger partial charge in [-0.25, -0.2) is 4.90 Å². The van der Waals surface area contributed by atoms with Gasteiger partial charge in [0.2, 0.25) is 11.7 Å². The minimum atomic E-state index is -1.03. The molecular formula is C25H18BrN3O4. The van der Waals surface area contributed by atoms with Crippen LogP contribution in [0.1, 0.15) is 10.4 Å². The molecule has 0 bridgehead atoms. The lowest BCUT2D eigenvalue weighted by Gasteiger charge is -2.22. The van der Waals surface area contributed by atoms with Gasteiger partial charge in [-0.2, -0.15) is 5.10 Å². The van der Waals surface area contributed by atoms with Gasteiger partial charge in [-0.3, -0.25) is 19.4 Å². The van der Waals surface area contributed by atoms with Crippen molar-refractivity contribution in [1.29, 1.82) is 0 Å². The van der Waals surface area contributed by atoms with Crippen LogP contribution >= 0.6 is 15.9 Å². The molecule has 2 aliphatic heterocycles. The van der Waals surface area contributed by atoms with E-state index in [0.29, 0.717) is 22.7 Å². The van der Waals surface area contributed by atoms with E-state index in [4.69, 9.17) is 4.74 Å². The van der Waals surface area contributed by atoms with Gasteiger partial charge >= 0.3 is 0 Å². The van der Waals surface area contributed by atoms with Crippen molar-refractivity contribution in [3.63, 3.8) is 0 Å². The van der Waals surface area contributed by atoms with Gasteiger partial charge in [-0.1, -0.05) is 58.4 Å². The highest BCUT2D eigenvalue weighted by Crippen LogP contribution is 2.41. The quantitative estimate of drug-likeness (QED) is 0.387. The Hall–Kier alpha value is -3.78. The van der Waals surface area contributed by atoms with E-state index in [9.17, 15) is 14.4 Å². The number of hydrogen-bond acceptors (Lipinski definition) is 6. The number of fused-ring (bicyclic) bond motifs is 1. The molecule has 0 saturated carbocycles. The van der Waals surface area contributed by atoms with E-state index in [2.05, 4.69) is 21.0 Å². The summed E-state index contributed by atoms with van der Waals surface area (Å²) < 4.78 is 6.24. The number of Topliss-reactive ketones (excluding diaryl/α,β-unsaturated/α-hetero) is 1. The van der Waals surface area contributed by atoms with Crippen molar-refractivity contribution in [2.24, 2.45) is 11.0 Å². The topological polar surface area (TPSA) is 79.3 Å². The van der Waals surface area contributed by atoms with E-state index in [1.165, 1.54) is 12.1 Å². The lowest BCUT2D eigenvalue weighted by Crippen LogP contribution is -2.39.